The molecule has 0 unspecified atom stereocenters. The van der Waals surface area contributed by atoms with E-state index in [9.17, 15) is 8.42 Å². The fourth-order valence-electron chi connectivity index (χ4n) is 1.67. The van der Waals surface area contributed by atoms with Crippen molar-refractivity contribution >= 4 is 32.7 Å². The van der Waals surface area contributed by atoms with E-state index in [2.05, 4.69) is 4.72 Å². The van der Waals surface area contributed by atoms with E-state index >= 15 is 0 Å². The van der Waals surface area contributed by atoms with Crippen LogP contribution in [-0.2, 0) is 10.0 Å². The van der Waals surface area contributed by atoms with Gasteiger partial charge >= 0.3 is 0 Å². The summed E-state index contributed by atoms with van der Waals surface area (Å²) in [6.07, 6.45) is 0. The second-order valence-corrected chi connectivity index (χ2v) is 6.47. The van der Waals surface area contributed by atoms with Crippen LogP contribution in [0.5, 0.6) is 0 Å². The number of nitrogens with one attached hydrogen (secondary N) is 1. The molecule has 1 aromatic carbocycles. The summed E-state index contributed by atoms with van der Waals surface area (Å²) in [5.74, 6) is 0. The fraction of sp³-hybridized carbons (Fsp3) is 0.167. The molecule has 2 aromatic rings. The van der Waals surface area contributed by atoms with E-state index in [0.717, 1.165) is 5.56 Å². The third kappa shape index (κ3) is 2.34. The molecule has 2 rings (SSSR count). The lowest BCUT2D eigenvalue weighted by Gasteiger charge is -2.12. The number of nitrogen functional groups attached to an aromatic ring is 1. The highest BCUT2D eigenvalue weighted by atomic mass is 32.2. The van der Waals surface area contributed by atoms with Crippen LogP contribution in [0.15, 0.2) is 33.9 Å². The lowest BCUT2D eigenvalue weighted by atomic mass is 10.1. The molecule has 96 valence electrons. The van der Waals surface area contributed by atoms with Crippen molar-refractivity contribution in [3.8, 4) is 0 Å². The molecule has 1 heterocycles. The van der Waals surface area contributed by atoms with E-state index in [-0.39, 0.29) is 4.90 Å². The predicted molar refractivity (Wildman–Crippen MR) is 75.5 cm³/mol. The van der Waals surface area contributed by atoms with Gasteiger partial charge in [0.15, 0.2) is 0 Å². The SMILES string of the molecule is Cc1ccc(S(=O)(=O)Nc2ccsc2)c(C)c1N. The average Bonchev–Trinajstić information content (AvgIpc) is 2.77. The maximum Gasteiger partial charge on any atom is 0.262 e. The van der Waals surface area contributed by atoms with Crippen LogP contribution in [0.2, 0.25) is 0 Å². The summed E-state index contributed by atoms with van der Waals surface area (Å²) in [6, 6.07) is 5.01. The second kappa shape index (κ2) is 4.62. The molecule has 4 nitrogen and oxygen atoms in total. The van der Waals surface area contributed by atoms with Crippen molar-refractivity contribution < 1.29 is 8.42 Å². The third-order valence-corrected chi connectivity index (χ3v) is 4.96. The molecule has 0 fully saturated rings. The molecule has 0 atom stereocenters. The zero-order chi connectivity index (χ0) is 13.3. The summed E-state index contributed by atoms with van der Waals surface area (Å²) in [5.41, 5.74) is 8.41. The van der Waals surface area contributed by atoms with Gasteiger partial charge < -0.3 is 5.73 Å². The smallest absolute Gasteiger partial charge is 0.262 e. The summed E-state index contributed by atoms with van der Waals surface area (Å²) in [5, 5.41) is 3.55. The summed E-state index contributed by atoms with van der Waals surface area (Å²) in [4.78, 5) is 0.219. The van der Waals surface area contributed by atoms with Crippen LogP contribution in [0.4, 0.5) is 11.4 Å². The summed E-state index contributed by atoms with van der Waals surface area (Å²) < 4.78 is 27.0. The van der Waals surface area contributed by atoms with Gasteiger partial charge in [-0.15, -0.1) is 0 Å². The Kier molecular flexibility index (Phi) is 3.32. The second-order valence-electron chi connectivity index (χ2n) is 4.04. The molecule has 0 aliphatic heterocycles. The van der Waals surface area contributed by atoms with Crippen molar-refractivity contribution in [2.24, 2.45) is 0 Å². The first-order valence-corrected chi connectivity index (χ1v) is 7.75. The van der Waals surface area contributed by atoms with Gasteiger partial charge in [0.05, 0.1) is 10.6 Å². The number of rotatable bonds is 3. The van der Waals surface area contributed by atoms with Gasteiger partial charge in [-0.2, -0.15) is 11.3 Å². The topological polar surface area (TPSA) is 72.2 Å². The predicted octanol–water partition coefficient (Wildman–Crippen LogP) is 2.75. The molecule has 0 saturated heterocycles. The summed E-state index contributed by atoms with van der Waals surface area (Å²) >= 11 is 1.43. The lowest BCUT2D eigenvalue weighted by molar-refractivity contribution is 0.600. The summed E-state index contributed by atoms with van der Waals surface area (Å²) in [7, 11) is -3.58. The number of anilines is 2. The Balaban J connectivity index is 2.45. The van der Waals surface area contributed by atoms with Crippen molar-refractivity contribution in [2.45, 2.75) is 18.7 Å². The van der Waals surface area contributed by atoms with Crippen LogP contribution in [0.1, 0.15) is 11.1 Å². The van der Waals surface area contributed by atoms with Crippen molar-refractivity contribution in [3.05, 3.63) is 40.1 Å². The van der Waals surface area contributed by atoms with Gasteiger partial charge in [-0.05, 0) is 42.5 Å². The van der Waals surface area contributed by atoms with Crippen molar-refractivity contribution in [1.82, 2.24) is 0 Å². The van der Waals surface area contributed by atoms with Crippen molar-refractivity contribution in [1.29, 1.82) is 0 Å². The van der Waals surface area contributed by atoms with E-state index in [0.29, 0.717) is 16.9 Å². The summed E-state index contributed by atoms with van der Waals surface area (Å²) in [6.45, 7) is 3.57. The third-order valence-electron chi connectivity index (χ3n) is 2.75. The van der Waals surface area contributed by atoms with Gasteiger partial charge in [-0.3, -0.25) is 4.72 Å². The van der Waals surface area contributed by atoms with Gasteiger partial charge in [0.25, 0.3) is 10.0 Å². The van der Waals surface area contributed by atoms with Gasteiger partial charge in [0, 0.05) is 11.1 Å². The van der Waals surface area contributed by atoms with Crippen LogP contribution in [0, 0.1) is 13.8 Å². The van der Waals surface area contributed by atoms with E-state index in [1.54, 1.807) is 30.5 Å². The maximum atomic E-state index is 12.2. The molecule has 0 aliphatic rings. The molecule has 0 amide bonds. The molecule has 0 bridgehead atoms. The van der Waals surface area contributed by atoms with Gasteiger partial charge in [-0.25, -0.2) is 8.42 Å². The molecule has 6 heteroatoms. The van der Waals surface area contributed by atoms with Gasteiger partial charge in [0.2, 0.25) is 0 Å². The van der Waals surface area contributed by atoms with E-state index in [1.165, 1.54) is 11.3 Å². The Hall–Kier alpha value is -1.53. The standard InChI is InChI=1S/C12H14N2O2S2/c1-8-3-4-11(9(2)12(8)13)18(15,16)14-10-5-6-17-7-10/h3-7,14H,13H2,1-2H3. The van der Waals surface area contributed by atoms with Crippen molar-refractivity contribution in [3.63, 3.8) is 0 Å². The van der Waals surface area contributed by atoms with E-state index in [1.807, 2.05) is 12.3 Å². The number of aryl methyl sites for hydroxylation is 1. The first-order valence-electron chi connectivity index (χ1n) is 5.32. The fourth-order valence-corrected chi connectivity index (χ4v) is 3.64. The zero-order valence-electron chi connectivity index (χ0n) is 10.1. The lowest BCUT2D eigenvalue weighted by Crippen LogP contribution is -2.14. The first kappa shape index (κ1) is 12.9. The Morgan fingerprint density at radius 1 is 1.22 bits per heavy atom. The Labute approximate surface area is 111 Å². The zero-order valence-corrected chi connectivity index (χ0v) is 11.7. The van der Waals surface area contributed by atoms with Crippen LogP contribution >= 0.6 is 11.3 Å². The minimum Gasteiger partial charge on any atom is -0.398 e. The minimum absolute atomic E-state index is 0.219. The highest BCUT2D eigenvalue weighted by Gasteiger charge is 2.19. The molecule has 0 saturated carbocycles. The van der Waals surface area contributed by atoms with Crippen LogP contribution < -0.4 is 10.5 Å². The van der Waals surface area contributed by atoms with Crippen molar-refractivity contribution in [2.75, 3.05) is 10.5 Å². The van der Waals surface area contributed by atoms with Gasteiger partial charge in [-0.1, -0.05) is 6.07 Å². The van der Waals surface area contributed by atoms with E-state index in [4.69, 9.17) is 5.73 Å². The normalized spacial score (nSPS) is 11.4. The molecule has 0 aliphatic carbocycles. The number of nitrogens with two attached hydrogens (primary N) is 1. The molecule has 3 N–H and O–H groups in total. The largest absolute Gasteiger partial charge is 0.398 e. The Bertz CT molecular complexity index is 662. The Morgan fingerprint density at radius 3 is 2.56 bits per heavy atom. The Morgan fingerprint density at radius 2 is 1.94 bits per heavy atom. The highest BCUT2D eigenvalue weighted by Crippen LogP contribution is 2.26. The number of hydrogen-bond acceptors (Lipinski definition) is 4. The molecular formula is C12H14N2O2S2. The number of thiophene rings is 1. The molecular weight excluding hydrogens is 268 g/mol. The average molecular weight is 282 g/mol. The van der Waals surface area contributed by atoms with E-state index < -0.39 is 10.0 Å². The first-order chi connectivity index (χ1) is 8.42. The number of hydrogen-bond donors (Lipinski definition) is 2. The maximum absolute atomic E-state index is 12.2. The van der Waals surface area contributed by atoms with Crippen LogP contribution in [0.25, 0.3) is 0 Å². The van der Waals surface area contributed by atoms with Crippen LogP contribution in [-0.4, -0.2) is 8.42 Å². The molecule has 0 radical (unpaired) electrons. The molecule has 1 aromatic heterocycles. The molecule has 0 spiro atoms. The number of benzene rings is 1. The minimum atomic E-state index is -3.58. The quantitative estimate of drug-likeness (QED) is 0.850. The highest BCUT2D eigenvalue weighted by molar-refractivity contribution is 7.92. The monoisotopic (exact) mass is 282 g/mol. The van der Waals surface area contributed by atoms with Crippen LogP contribution in [0.3, 0.4) is 0 Å². The number of sulfonamides is 1. The van der Waals surface area contributed by atoms with Gasteiger partial charge in [0.1, 0.15) is 0 Å². The molecule has 18 heavy (non-hydrogen) atoms.